The van der Waals surface area contributed by atoms with E-state index in [1.54, 1.807) is 5.57 Å². The van der Waals surface area contributed by atoms with E-state index < -0.39 is 0 Å². The van der Waals surface area contributed by atoms with E-state index in [-0.39, 0.29) is 16.0 Å². The minimum Gasteiger partial charge on any atom is -0.480 e. The Morgan fingerprint density at radius 2 is 2.25 bits per heavy atom. The van der Waals surface area contributed by atoms with E-state index >= 15 is 0 Å². The maximum atomic E-state index is 9.65. The molecule has 5 unspecified atom stereocenters. The van der Waals surface area contributed by atoms with Crippen LogP contribution in [0.5, 0.6) is 5.75 Å². The monoisotopic (exact) mass is 346 g/mol. The third-order valence-corrected chi connectivity index (χ3v) is 7.59. The van der Waals surface area contributed by atoms with Crippen LogP contribution in [-0.2, 0) is 6.42 Å². The Morgan fingerprint density at radius 3 is 3.04 bits per heavy atom. The number of aliphatic hydroxyl groups excluding tert-OH is 1. The number of aliphatic hydroxyl groups is 1. The van der Waals surface area contributed by atoms with Crippen LogP contribution in [-0.4, -0.2) is 13.0 Å². The lowest BCUT2D eigenvalue weighted by molar-refractivity contribution is 0.0804. The molecule has 2 fully saturated rings. The average Bonchev–Trinajstić information content (AvgIpc) is 2.98. The molecule has 0 heterocycles. The Balaban J connectivity index is 1.65. The third-order valence-electron chi connectivity index (χ3n) is 7.35. The number of benzene rings is 1. The molecular formula is C21H29O2P. The van der Waals surface area contributed by atoms with Crippen LogP contribution in [0.15, 0.2) is 29.3 Å². The van der Waals surface area contributed by atoms with Gasteiger partial charge in [-0.25, -0.2) is 0 Å². The molecule has 3 aliphatic rings. The molecule has 0 aliphatic heterocycles. The smallest absolute Gasteiger partial charge is 0.122 e. The zero-order valence-electron chi connectivity index (χ0n) is 15.8. The molecule has 1 N–H and O–H groups in total. The van der Waals surface area contributed by atoms with Crippen LogP contribution < -0.4 is 4.52 Å². The van der Waals surface area contributed by atoms with Crippen molar-refractivity contribution in [3.05, 3.63) is 40.5 Å². The summed E-state index contributed by atoms with van der Waals surface area (Å²) in [5.41, 5.74) is 6.07. The largest absolute Gasteiger partial charge is 0.480 e. The summed E-state index contributed by atoms with van der Waals surface area (Å²) in [6, 6.07) is 6.51. The fourth-order valence-electron chi connectivity index (χ4n) is 6.23. The van der Waals surface area contributed by atoms with Crippen LogP contribution in [0, 0.1) is 17.3 Å². The van der Waals surface area contributed by atoms with Crippen molar-refractivity contribution in [3.63, 3.8) is 0 Å². The molecule has 4 rings (SSSR count). The van der Waals surface area contributed by atoms with E-state index in [2.05, 4.69) is 32.0 Å². The van der Waals surface area contributed by atoms with Gasteiger partial charge < -0.3 is 9.63 Å². The third kappa shape index (κ3) is 2.37. The zero-order valence-corrected chi connectivity index (χ0v) is 15.8. The molecule has 5 atom stereocenters. The SMILES string of the molecule is [3H]POc1ccc2c(c1)CCC1C2CCC2(C)C(=C(C)CO)CCC12. The van der Waals surface area contributed by atoms with Crippen LogP contribution in [0.1, 0.15) is 63.0 Å². The number of hydrogen-bond donors (Lipinski definition) is 1. The zero-order chi connectivity index (χ0) is 17.6. The van der Waals surface area contributed by atoms with Gasteiger partial charge in [0.25, 0.3) is 0 Å². The van der Waals surface area contributed by atoms with E-state index in [1.807, 2.05) is 0 Å². The molecule has 0 amide bonds. The standard InChI is InChI=1S/C21H29O2P/c1-13(12-22)19-7-8-20-18-5-3-14-11-15(23-24)4-6-16(14)17(18)9-10-21(19,20)2/h4,6,11,17-18,20,22H,3,5,7-10,12,24H2,1-2H3/i24T. The minimum atomic E-state index is -0.236. The first-order chi connectivity index (χ1) is 12.1. The first-order valence-corrected chi connectivity index (χ1v) is 9.75. The van der Waals surface area contributed by atoms with Gasteiger partial charge in [0.2, 0.25) is 0 Å². The Labute approximate surface area is 149 Å². The van der Waals surface area contributed by atoms with Gasteiger partial charge in [0, 0.05) is 0 Å². The summed E-state index contributed by atoms with van der Waals surface area (Å²) in [7, 11) is -0.236. The summed E-state index contributed by atoms with van der Waals surface area (Å²) in [5.74, 6) is 3.08. The van der Waals surface area contributed by atoms with Gasteiger partial charge in [-0.15, -0.1) is 0 Å². The number of rotatable bonds is 3. The molecule has 0 saturated heterocycles. The molecule has 1 aromatic rings. The van der Waals surface area contributed by atoms with Gasteiger partial charge >= 0.3 is 0 Å². The van der Waals surface area contributed by atoms with E-state index in [1.165, 1.54) is 48.8 Å². The van der Waals surface area contributed by atoms with Gasteiger partial charge in [-0.2, -0.15) is 0 Å². The van der Waals surface area contributed by atoms with E-state index in [9.17, 15) is 5.11 Å². The normalized spacial score (nSPS) is 37.6. The van der Waals surface area contributed by atoms with Gasteiger partial charge in [0.15, 0.2) is 0 Å². The summed E-state index contributed by atoms with van der Waals surface area (Å²) >= 11 is 0. The maximum absolute atomic E-state index is 9.65. The minimum absolute atomic E-state index is 0.216. The van der Waals surface area contributed by atoms with Crippen LogP contribution in [0.4, 0.5) is 0 Å². The van der Waals surface area contributed by atoms with Crippen molar-refractivity contribution in [2.45, 2.75) is 58.3 Å². The Morgan fingerprint density at radius 1 is 1.38 bits per heavy atom. The average molecular weight is 346 g/mol. The van der Waals surface area contributed by atoms with Gasteiger partial charge in [-0.05, 0) is 97.5 Å². The van der Waals surface area contributed by atoms with Crippen LogP contribution in [0.2, 0.25) is 0 Å². The molecule has 2 saturated carbocycles. The molecule has 24 heavy (non-hydrogen) atoms. The van der Waals surface area contributed by atoms with Crippen LogP contribution in [0.3, 0.4) is 0 Å². The van der Waals surface area contributed by atoms with E-state index in [4.69, 9.17) is 5.80 Å². The number of aryl methyl sites for hydroxylation is 1. The highest BCUT2D eigenvalue weighted by atomic mass is 31.0. The van der Waals surface area contributed by atoms with Crippen LogP contribution in [0.25, 0.3) is 0 Å². The predicted octanol–water partition coefficient (Wildman–Crippen LogP) is 5.02. The first kappa shape index (κ1) is 15.4. The molecule has 0 bridgehead atoms. The van der Waals surface area contributed by atoms with Crippen LogP contribution >= 0.6 is 9.41 Å². The Bertz CT molecular complexity index is 701. The van der Waals surface area contributed by atoms with Gasteiger partial charge in [-0.1, -0.05) is 18.6 Å². The van der Waals surface area contributed by atoms with Crippen molar-refractivity contribution in [2.24, 2.45) is 17.3 Å². The van der Waals surface area contributed by atoms with Crippen molar-refractivity contribution >= 4 is 9.41 Å². The lowest BCUT2D eigenvalue weighted by Crippen LogP contribution is -2.40. The fourth-order valence-corrected chi connectivity index (χ4v) is 6.36. The van der Waals surface area contributed by atoms with Crippen molar-refractivity contribution in [2.75, 3.05) is 6.61 Å². The molecule has 0 radical (unpaired) electrons. The highest BCUT2D eigenvalue weighted by molar-refractivity contribution is 7.10. The second-order valence-electron chi connectivity index (χ2n) is 8.29. The molecule has 0 spiro atoms. The summed E-state index contributed by atoms with van der Waals surface area (Å²) in [6.45, 7) is 4.81. The Kier molecular flexibility index (Phi) is 3.95. The maximum Gasteiger partial charge on any atom is 0.122 e. The second kappa shape index (κ2) is 6.15. The number of hydrogen-bond acceptors (Lipinski definition) is 2. The number of fused-ring (bicyclic) bond motifs is 5. The van der Waals surface area contributed by atoms with Gasteiger partial charge in [0.05, 0.1) is 17.3 Å². The molecule has 130 valence electrons. The number of allylic oxidation sites excluding steroid dienone is 1. The van der Waals surface area contributed by atoms with Gasteiger partial charge in [-0.3, -0.25) is 0 Å². The highest BCUT2D eigenvalue weighted by Gasteiger charge is 2.52. The fraction of sp³-hybridized carbons (Fsp3) is 0.619. The Hall–Kier alpha value is -0.850. The van der Waals surface area contributed by atoms with Crippen molar-refractivity contribution in [1.29, 1.82) is 1.28 Å². The molecule has 1 aromatic carbocycles. The lowest BCUT2D eigenvalue weighted by atomic mass is 9.55. The van der Waals surface area contributed by atoms with Gasteiger partial charge in [0.1, 0.15) is 5.75 Å². The first-order valence-electron chi connectivity index (χ1n) is 9.85. The van der Waals surface area contributed by atoms with Crippen molar-refractivity contribution in [1.82, 2.24) is 0 Å². The summed E-state index contributed by atoms with van der Waals surface area (Å²) in [6.07, 6.45) is 7.39. The van der Waals surface area contributed by atoms with Crippen molar-refractivity contribution in [3.8, 4) is 5.75 Å². The summed E-state index contributed by atoms with van der Waals surface area (Å²) in [4.78, 5) is 0. The predicted molar refractivity (Wildman–Crippen MR) is 101 cm³/mol. The van der Waals surface area contributed by atoms with E-state index in [0.29, 0.717) is 11.3 Å². The molecule has 3 heteroatoms. The van der Waals surface area contributed by atoms with Crippen molar-refractivity contribution < 1.29 is 9.63 Å². The topological polar surface area (TPSA) is 29.5 Å². The van der Waals surface area contributed by atoms with E-state index in [0.717, 1.165) is 24.0 Å². The highest BCUT2D eigenvalue weighted by Crippen LogP contribution is 2.63. The second-order valence-corrected chi connectivity index (χ2v) is 8.49. The molecule has 3 aliphatic carbocycles. The quantitative estimate of drug-likeness (QED) is 0.615. The summed E-state index contributed by atoms with van der Waals surface area (Å²) in [5, 5.41) is 9.65. The summed E-state index contributed by atoms with van der Waals surface area (Å²) < 4.78 is 12.7. The molecular weight excluding hydrogens is 315 g/mol. The lowest BCUT2D eigenvalue weighted by Gasteiger charge is -2.50. The molecule has 0 aromatic heterocycles. The molecule has 2 nitrogen and oxygen atoms in total.